The highest BCUT2D eigenvalue weighted by Gasteiger charge is 2.28. The number of hydrogen-bond acceptors (Lipinski definition) is 2. The van der Waals surface area contributed by atoms with Crippen molar-refractivity contribution in [3.05, 3.63) is 0 Å². The monoisotopic (exact) mass is 197 g/mol. The van der Waals surface area contributed by atoms with Gasteiger partial charge in [-0.05, 0) is 25.7 Å². The van der Waals surface area contributed by atoms with Crippen LogP contribution in [0.25, 0.3) is 0 Å². The summed E-state index contributed by atoms with van der Waals surface area (Å²) in [5.41, 5.74) is 0. The molecule has 1 fully saturated rings. The fourth-order valence-electron chi connectivity index (χ4n) is 2.17. The van der Waals surface area contributed by atoms with Crippen LogP contribution in [-0.2, 0) is 9.59 Å². The number of Topliss-reactive ketones (excluding diaryl/α,β-unsaturated/α-hetero) is 1. The molecule has 3 nitrogen and oxygen atoms in total. The van der Waals surface area contributed by atoms with E-state index in [2.05, 4.69) is 5.32 Å². The predicted octanol–water partition coefficient (Wildman–Crippen LogP) is 1.52. The van der Waals surface area contributed by atoms with Crippen molar-refractivity contribution in [2.45, 2.75) is 39.0 Å². The van der Waals surface area contributed by atoms with Crippen molar-refractivity contribution in [2.24, 2.45) is 11.8 Å². The van der Waals surface area contributed by atoms with Crippen molar-refractivity contribution in [2.75, 3.05) is 7.05 Å². The fraction of sp³-hybridized carbons (Fsp3) is 0.818. The first-order chi connectivity index (χ1) is 6.69. The van der Waals surface area contributed by atoms with Gasteiger partial charge in [-0.3, -0.25) is 9.59 Å². The standard InChI is InChI=1S/C11H19NO2/c1-3-10(13)8-4-6-9(7-5-8)11(14)12-2/h8-9H,3-7H2,1-2H3,(H,12,14). The zero-order valence-corrected chi connectivity index (χ0v) is 9.01. The van der Waals surface area contributed by atoms with E-state index in [4.69, 9.17) is 0 Å². The van der Waals surface area contributed by atoms with Gasteiger partial charge in [0.05, 0.1) is 0 Å². The molecular formula is C11H19NO2. The van der Waals surface area contributed by atoms with Crippen LogP contribution in [0.3, 0.4) is 0 Å². The van der Waals surface area contributed by atoms with E-state index in [0.29, 0.717) is 12.2 Å². The van der Waals surface area contributed by atoms with Gasteiger partial charge in [0.1, 0.15) is 5.78 Å². The van der Waals surface area contributed by atoms with Gasteiger partial charge < -0.3 is 5.32 Å². The van der Waals surface area contributed by atoms with Crippen molar-refractivity contribution >= 4 is 11.7 Å². The molecule has 80 valence electrons. The highest BCUT2D eigenvalue weighted by molar-refractivity contribution is 5.82. The molecule has 3 heteroatoms. The van der Waals surface area contributed by atoms with Crippen LogP contribution in [0.4, 0.5) is 0 Å². The minimum absolute atomic E-state index is 0.132. The number of nitrogens with one attached hydrogen (secondary N) is 1. The zero-order valence-electron chi connectivity index (χ0n) is 9.01. The molecule has 0 unspecified atom stereocenters. The van der Waals surface area contributed by atoms with E-state index in [1.165, 1.54) is 0 Å². The van der Waals surface area contributed by atoms with E-state index in [0.717, 1.165) is 25.7 Å². The van der Waals surface area contributed by atoms with Crippen LogP contribution >= 0.6 is 0 Å². The summed E-state index contributed by atoms with van der Waals surface area (Å²) in [5.74, 6) is 0.856. The second-order valence-electron chi connectivity index (χ2n) is 3.98. The van der Waals surface area contributed by atoms with Crippen LogP contribution < -0.4 is 5.32 Å². The molecule has 0 saturated heterocycles. The average Bonchev–Trinajstić information content (AvgIpc) is 2.27. The third-order valence-corrected chi connectivity index (χ3v) is 3.15. The third kappa shape index (κ3) is 2.56. The number of carbonyl (C=O) groups excluding carboxylic acids is 2. The van der Waals surface area contributed by atoms with Gasteiger partial charge in [0.2, 0.25) is 5.91 Å². The summed E-state index contributed by atoms with van der Waals surface area (Å²) in [6, 6.07) is 0. The molecular weight excluding hydrogens is 178 g/mol. The van der Waals surface area contributed by atoms with Crippen molar-refractivity contribution in [3.8, 4) is 0 Å². The average molecular weight is 197 g/mol. The van der Waals surface area contributed by atoms with Crippen LogP contribution in [-0.4, -0.2) is 18.7 Å². The number of carbonyl (C=O) groups is 2. The molecule has 0 spiro atoms. The molecule has 0 aromatic carbocycles. The van der Waals surface area contributed by atoms with Gasteiger partial charge >= 0.3 is 0 Å². The quantitative estimate of drug-likeness (QED) is 0.745. The smallest absolute Gasteiger partial charge is 0.222 e. The summed E-state index contributed by atoms with van der Waals surface area (Å²) in [7, 11) is 1.67. The van der Waals surface area contributed by atoms with E-state index >= 15 is 0 Å². The maximum atomic E-state index is 11.4. The highest BCUT2D eigenvalue weighted by atomic mass is 16.1. The van der Waals surface area contributed by atoms with Gasteiger partial charge in [-0.1, -0.05) is 6.92 Å². The van der Waals surface area contributed by atoms with Gasteiger partial charge in [-0.15, -0.1) is 0 Å². The summed E-state index contributed by atoms with van der Waals surface area (Å²) in [4.78, 5) is 22.7. The zero-order chi connectivity index (χ0) is 10.6. The summed E-state index contributed by atoms with van der Waals surface area (Å²) >= 11 is 0. The third-order valence-electron chi connectivity index (χ3n) is 3.15. The van der Waals surface area contributed by atoms with E-state index in [1.54, 1.807) is 7.05 Å². The second-order valence-corrected chi connectivity index (χ2v) is 3.98. The fourth-order valence-corrected chi connectivity index (χ4v) is 2.17. The molecule has 0 bridgehead atoms. The number of ketones is 1. The number of amides is 1. The summed E-state index contributed by atoms with van der Waals surface area (Å²) < 4.78 is 0. The predicted molar refractivity (Wildman–Crippen MR) is 54.8 cm³/mol. The SMILES string of the molecule is CCC(=O)C1CCC(C(=O)NC)CC1. The second kappa shape index (κ2) is 5.13. The van der Waals surface area contributed by atoms with Crippen molar-refractivity contribution in [3.63, 3.8) is 0 Å². The van der Waals surface area contributed by atoms with Gasteiger partial charge in [0.25, 0.3) is 0 Å². The van der Waals surface area contributed by atoms with E-state index < -0.39 is 0 Å². The van der Waals surface area contributed by atoms with Gasteiger partial charge in [0, 0.05) is 25.3 Å². The first kappa shape index (κ1) is 11.2. The molecule has 0 aliphatic heterocycles. The molecule has 1 aliphatic rings. The van der Waals surface area contributed by atoms with Crippen LogP contribution in [0.1, 0.15) is 39.0 Å². The summed E-state index contributed by atoms with van der Waals surface area (Å²) in [5, 5.41) is 2.67. The lowest BCUT2D eigenvalue weighted by Crippen LogP contribution is -2.32. The van der Waals surface area contributed by atoms with E-state index in [-0.39, 0.29) is 17.7 Å². The Morgan fingerprint density at radius 1 is 1.14 bits per heavy atom. The Hall–Kier alpha value is -0.860. The maximum absolute atomic E-state index is 11.4. The largest absolute Gasteiger partial charge is 0.359 e. The van der Waals surface area contributed by atoms with Gasteiger partial charge in [0.15, 0.2) is 0 Å². The Kier molecular flexibility index (Phi) is 4.11. The van der Waals surface area contributed by atoms with Crippen LogP contribution in [0.5, 0.6) is 0 Å². The molecule has 0 atom stereocenters. The van der Waals surface area contributed by atoms with Crippen LogP contribution in [0.15, 0.2) is 0 Å². The van der Waals surface area contributed by atoms with E-state index in [9.17, 15) is 9.59 Å². The Bertz CT molecular complexity index is 193. The topological polar surface area (TPSA) is 46.2 Å². The van der Waals surface area contributed by atoms with Gasteiger partial charge in [-0.2, -0.15) is 0 Å². The Morgan fingerprint density at radius 3 is 2.07 bits per heavy atom. The van der Waals surface area contributed by atoms with Crippen LogP contribution in [0.2, 0.25) is 0 Å². The molecule has 1 amide bonds. The molecule has 0 heterocycles. The normalized spacial score (nSPS) is 27.0. The maximum Gasteiger partial charge on any atom is 0.222 e. The Morgan fingerprint density at radius 2 is 1.64 bits per heavy atom. The number of rotatable bonds is 3. The lowest BCUT2D eigenvalue weighted by atomic mass is 9.79. The summed E-state index contributed by atoms with van der Waals surface area (Å²) in [6.07, 6.45) is 4.16. The number of hydrogen-bond donors (Lipinski definition) is 1. The van der Waals surface area contributed by atoms with Gasteiger partial charge in [-0.25, -0.2) is 0 Å². The highest BCUT2D eigenvalue weighted by Crippen LogP contribution is 2.29. The lowest BCUT2D eigenvalue weighted by Gasteiger charge is -2.26. The molecule has 1 aliphatic carbocycles. The minimum atomic E-state index is 0.132. The molecule has 1 rings (SSSR count). The molecule has 0 aromatic heterocycles. The Labute approximate surface area is 85.3 Å². The summed E-state index contributed by atoms with van der Waals surface area (Å²) in [6.45, 7) is 1.91. The van der Waals surface area contributed by atoms with Crippen molar-refractivity contribution in [1.82, 2.24) is 5.32 Å². The van der Waals surface area contributed by atoms with E-state index in [1.807, 2.05) is 6.92 Å². The molecule has 14 heavy (non-hydrogen) atoms. The first-order valence-electron chi connectivity index (χ1n) is 5.43. The molecule has 1 saturated carbocycles. The molecule has 0 radical (unpaired) electrons. The molecule has 1 N–H and O–H groups in total. The van der Waals surface area contributed by atoms with Crippen molar-refractivity contribution < 1.29 is 9.59 Å². The first-order valence-corrected chi connectivity index (χ1v) is 5.43. The van der Waals surface area contributed by atoms with Crippen LogP contribution in [0, 0.1) is 11.8 Å². The lowest BCUT2D eigenvalue weighted by molar-refractivity contribution is -0.129. The molecule has 0 aromatic rings. The minimum Gasteiger partial charge on any atom is -0.359 e. The van der Waals surface area contributed by atoms with Crippen molar-refractivity contribution in [1.29, 1.82) is 0 Å². The Balaban J connectivity index is 2.38.